The van der Waals surface area contributed by atoms with E-state index in [0.29, 0.717) is 41.1 Å². The van der Waals surface area contributed by atoms with E-state index in [2.05, 4.69) is 21.2 Å². The van der Waals surface area contributed by atoms with E-state index in [1.165, 1.54) is 10.6 Å². The topological polar surface area (TPSA) is 66.5 Å². The zero-order valence-electron chi connectivity index (χ0n) is 11.9. The smallest absolute Gasteiger partial charge is 0.252 e. The van der Waals surface area contributed by atoms with Crippen molar-refractivity contribution in [2.75, 3.05) is 25.9 Å². The predicted molar refractivity (Wildman–Crippen MR) is 88.2 cm³/mol. The Bertz CT molecular complexity index is 607. The van der Waals surface area contributed by atoms with Gasteiger partial charge in [-0.2, -0.15) is 0 Å². The number of halogens is 2. The van der Waals surface area contributed by atoms with Crippen molar-refractivity contribution in [3.8, 4) is 0 Å². The Kier molecular flexibility index (Phi) is 7.12. The summed E-state index contributed by atoms with van der Waals surface area (Å²) in [7, 11) is -3.18. The summed E-state index contributed by atoms with van der Waals surface area (Å²) in [5.74, 6) is -0.221. The maximum atomic E-state index is 12.0. The number of rotatable bonds is 7. The number of nitrogens with one attached hydrogen (secondary N) is 1. The predicted octanol–water partition coefficient (Wildman–Crippen LogP) is 2.50. The van der Waals surface area contributed by atoms with Gasteiger partial charge in [0.15, 0.2) is 0 Å². The molecule has 0 saturated heterocycles. The molecule has 0 radical (unpaired) electrons. The van der Waals surface area contributed by atoms with Gasteiger partial charge in [0.25, 0.3) is 5.91 Å². The van der Waals surface area contributed by atoms with Crippen LogP contribution in [0, 0.1) is 0 Å². The van der Waals surface area contributed by atoms with Crippen molar-refractivity contribution >= 4 is 43.5 Å². The van der Waals surface area contributed by atoms with Crippen molar-refractivity contribution < 1.29 is 13.2 Å². The molecular weight excluding hydrogens is 380 g/mol. The lowest BCUT2D eigenvalue weighted by Gasteiger charge is -2.17. The van der Waals surface area contributed by atoms with Gasteiger partial charge in [0.1, 0.15) is 0 Å². The molecule has 21 heavy (non-hydrogen) atoms. The quantitative estimate of drug-likeness (QED) is 0.719. The van der Waals surface area contributed by atoms with Gasteiger partial charge in [-0.15, -0.1) is 0 Å². The average Bonchev–Trinajstić information content (AvgIpc) is 2.36. The lowest BCUT2D eigenvalue weighted by Crippen LogP contribution is -2.33. The van der Waals surface area contributed by atoms with Crippen molar-refractivity contribution in [1.29, 1.82) is 0 Å². The summed E-state index contributed by atoms with van der Waals surface area (Å²) in [4.78, 5) is 12.0. The molecule has 0 aliphatic carbocycles. The Hall–Kier alpha value is -0.630. The lowest BCUT2D eigenvalue weighted by atomic mass is 10.2. The first-order valence-electron chi connectivity index (χ1n) is 6.44. The summed E-state index contributed by atoms with van der Waals surface area (Å²) in [6, 6.07) is 4.93. The lowest BCUT2D eigenvalue weighted by molar-refractivity contribution is 0.0952. The molecule has 0 fully saturated rings. The van der Waals surface area contributed by atoms with E-state index in [-0.39, 0.29) is 5.91 Å². The van der Waals surface area contributed by atoms with Gasteiger partial charge in [-0.05, 0) is 40.5 Å². The summed E-state index contributed by atoms with van der Waals surface area (Å²) < 4.78 is 24.8. The van der Waals surface area contributed by atoms with Crippen molar-refractivity contribution in [3.05, 3.63) is 33.3 Å². The summed E-state index contributed by atoms with van der Waals surface area (Å²) in [6.45, 7) is 3.00. The highest BCUT2D eigenvalue weighted by Gasteiger charge is 2.14. The van der Waals surface area contributed by atoms with Crippen molar-refractivity contribution in [2.24, 2.45) is 0 Å². The van der Waals surface area contributed by atoms with E-state index in [1.54, 1.807) is 25.1 Å². The Morgan fingerprint density at radius 3 is 2.62 bits per heavy atom. The molecule has 1 aromatic rings. The average molecular weight is 398 g/mol. The Balaban J connectivity index is 2.47. The molecule has 0 aromatic heterocycles. The van der Waals surface area contributed by atoms with Crippen LogP contribution in [-0.2, 0) is 10.0 Å². The summed E-state index contributed by atoms with van der Waals surface area (Å²) in [5.41, 5.74) is 0.495. The van der Waals surface area contributed by atoms with Crippen molar-refractivity contribution in [3.63, 3.8) is 0 Å². The maximum absolute atomic E-state index is 12.0. The van der Waals surface area contributed by atoms with Gasteiger partial charge >= 0.3 is 0 Å². The minimum atomic E-state index is -3.18. The zero-order chi connectivity index (χ0) is 16.0. The number of hydrogen-bond acceptors (Lipinski definition) is 3. The Morgan fingerprint density at radius 2 is 2.10 bits per heavy atom. The van der Waals surface area contributed by atoms with Crippen molar-refractivity contribution in [1.82, 2.24) is 9.62 Å². The third-order valence-corrected chi connectivity index (χ3v) is 5.14. The fourth-order valence-corrected chi connectivity index (χ4v) is 3.58. The first-order valence-corrected chi connectivity index (χ1v) is 9.46. The van der Waals surface area contributed by atoms with Crippen LogP contribution >= 0.6 is 27.5 Å². The van der Waals surface area contributed by atoms with Crippen LogP contribution in [0.2, 0.25) is 5.02 Å². The van der Waals surface area contributed by atoms with Crippen LogP contribution in [-0.4, -0.2) is 44.5 Å². The van der Waals surface area contributed by atoms with E-state index in [9.17, 15) is 13.2 Å². The number of sulfonamides is 1. The normalized spacial score (nSPS) is 11.7. The van der Waals surface area contributed by atoms with Crippen molar-refractivity contribution in [2.45, 2.75) is 13.3 Å². The SMILES string of the molecule is CCN(CCCNC(=O)c1ccc(Cl)cc1Br)S(C)(=O)=O. The number of amides is 1. The molecule has 0 heterocycles. The Labute approximate surface area is 138 Å². The number of hydrogen-bond donors (Lipinski definition) is 1. The van der Waals surface area contributed by atoms with Crippen LogP contribution in [0.4, 0.5) is 0 Å². The Morgan fingerprint density at radius 1 is 1.43 bits per heavy atom. The van der Waals surface area contributed by atoms with Gasteiger partial charge in [-0.1, -0.05) is 18.5 Å². The van der Waals surface area contributed by atoms with Crippen LogP contribution in [0.5, 0.6) is 0 Å². The highest BCUT2D eigenvalue weighted by molar-refractivity contribution is 9.10. The van der Waals surface area contributed by atoms with Crippen LogP contribution in [0.25, 0.3) is 0 Å². The molecule has 1 amide bonds. The monoisotopic (exact) mass is 396 g/mol. The number of nitrogens with zero attached hydrogens (tertiary/aromatic N) is 1. The van der Waals surface area contributed by atoms with Gasteiger partial charge in [0.2, 0.25) is 10.0 Å². The molecule has 8 heteroatoms. The fraction of sp³-hybridized carbons (Fsp3) is 0.462. The summed E-state index contributed by atoms with van der Waals surface area (Å²) in [6.07, 6.45) is 1.73. The van der Waals surface area contributed by atoms with E-state index in [4.69, 9.17) is 11.6 Å². The molecular formula is C13H18BrClN2O3S. The van der Waals surface area contributed by atoms with Crippen LogP contribution in [0.1, 0.15) is 23.7 Å². The second-order valence-electron chi connectivity index (χ2n) is 4.49. The third kappa shape index (κ3) is 5.94. The van der Waals surface area contributed by atoms with E-state index in [0.717, 1.165) is 0 Å². The maximum Gasteiger partial charge on any atom is 0.252 e. The molecule has 0 saturated carbocycles. The summed E-state index contributed by atoms with van der Waals surface area (Å²) >= 11 is 9.10. The second kappa shape index (κ2) is 8.12. The van der Waals surface area contributed by atoms with Crippen LogP contribution < -0.4 is 5.32 Å². The van der Waals surface area contributed by atoms with Gasteiger partial charge in [0.05, 0.1) is 11.8 Å². The molecule has 1 aromatic carbocycles. The van der Waals surface area contributed by atoms with E-state index in [1.807, 2.05) is 0 Å². The molecule has 1 rings (SSSR count). The van der Waals surface area contributed by atoms with Gasteiger partial charge in [-0.3, -0.25) is 4.79 Å². The van der Waals surface area contributed by atoms with Gasteiger partial charge < -0.3 is 5.32 Å². The van der Waals surface area contributed by atoms with Crippen LogP contribution in [0.3, 0.4) is 0 Å². The molecule has 0 atom stereocenters. The van der Waals surface area contributed by atoms with E-state index >= 15 is 0 Å². The zero-order valence-corrected chi connectivity index (χ0v) is 15.1. The number of carbonyl (C=O) groups excluding carboxylic acids is 1. The first kappa shape index (κ1) is 18.4. The minimum Gasteiger partial charge on any atom is -0.352 e. The second-order valence-corrected chi connectivity index (χ2v) is 7.76. The summed E-state index contributed by atoms with van der Waals surface area (Å²) in [5, 5.41) is 3.30. The minimum absolute atomic E-state index is 0.221. The standard InChI is InChI=1S/C13H18BrClN2O3S/c1-3-17(21(2,19)20)8-4-7-16-13(18)11-6-5-10(15)9-12(11)14/h5-6,9H,3-4,7-8H2,1-2H3,(H,16,18). The molecule has 0 aliphatic heterocycles. The molecule has 0 aliphatic rings. The molecule has 118 valence electrons. The first-order chi connectivity index (χ1) is 9.75. The number of benzene rings is 1. The molecule has 0 spiro atoms. The van der Waals surface area contributed by atoms with Gasteiger partial charge in [-0.25, -0.2) is 12.7 Å². The van der Waals surface area contributed by atoms with E-state index < -0.39 is 10.0 Å². The highest BCUT2D eigenvalue weighted by atomic mass is 79.9. The molecule has 5 nitrogen and oxygen atoms in total. The molecule has 0 bridgehead atoms. The highest BCUT2D eigenvalue weighted by Crippen LogP contribution is 2.21. The third-order valence-electron chi connectivity index (χ3n) is 2.87. The molecule has 0 unspecified atom stereocenters. The fourth-order valence-electron chi connectivity index (χ4n) is 1.78. The van der Waals surface area contributed by atoms with Gasteiger partial charge in [0, 0.05) is 29.1 Å². The van der Waals surface area contributed by atoms with Crippen LogP contribution in [0.15, 0.2) is 22.7 Å². The molecule has 1 N–H and O–H groups in total. The largest absolute Gasteiger partial charge is 0.352 e. The number of carbonyl (C=O) groups is 1.